The van der Waals surface area contributed by atoms with Gasteiger partial charge in [0, 0.05) is 25.0 Å². The van der Waals surface area contributed by atoms with Gasteiger partial charge in [-0.3, -0.25) is 14.5 Å². The van der Waals surface area contributed by atoms with Gasteiger partial charge in [0.15, 0.2) is 0 Å². The standard InChI is InChI=1S/C15H24N2O3/c18-14(11-3-1-4-11)16-9-6-12(7-10-16)17-8-2-5-13(17)15(19)20/h11-13H,1-10H2,(H,19,20). The summed E-state index contributed by atoms with van der Waals surface area (Å²) < 4.78 is 0. The Labute approximate surface area is 119 Å². The van der Waals surface area contributed by atoms with E-state index in [-0.39, 0.29) is 12.0 Å². The number of piperidine rings is 1. The normalized spacial score (nSPS) is 29.4. The molecule has 1 atom stereocenters. The van der Waals surface area contributed by atoms with Crippen LogP contribution in [0.3, 0.4) is 0 Å². The summed E-state index contributed by atoms with van der Waals surface area (Å²) in [6.07, 6.45) is 6.94. The van der Waals surface area contributed by atoms with Crippen molar-refractivity contribution in [1.29, 1.82) is 0 Å². The minimum absolute atomic E-state index is 0.283. The van der Waals surface area contributed by atoms with Crippen molar-refractivity contribution in [2.75, 3.05) is 19.6 Å². The van der Waals surface area contributed by atoms with Crippen LogP contribution in [0.5, 0.6) is 0 Å². The lowest BCUT2D eigenvalue weighted by Crippen LogP contribution is -2.51. The van der Waals surface area contributed by atoms with E-state index < -0.39 is 5.97 Å². The third-order valence-electron chi connectivity index (χ3n) is 5.28. The van der Waals surface area contributed by atoms with E-state index in [1.165, 1.54) is 6.42 Å². The highest BCUT2D eigenvalue weighted by molar-refractivity contribution is 5.79. The SMILES string of the molecule is O=C(O)C1CCCN1C1CCN(C(=O)C2CCC2)CC1. The Bertz CT molecular complexity index is 387. The first-order valence-corrected chi connectivity index (χ1v) is 7.94. The van der Waals surface area contributed by atoms with Crippen LogP contribution in [0.15, 0.2) is 0 Å². The molecule has 5 heteroatoms. The number of hydrogen-bond donors (Lipinski definition) is 1. The van der Waals surface area contributed by atoms with E-state index >= 15 is 0 Å². The van der Waals surface area contributed by atoms with Crippen LogP contribution in [0.1, 0.15) is 44.9 Å². The molecule has 1 aliphatic carbocycles. The van der Waals surface area contributed by atoms with Crippen LogP contribution >= 0.6 is 0 Å². The van der Waals surface area contributed by atoms with Gasteiger partial charge in [-0.25, -0.2) is 0 Å². The van der Waals surface area contributed by atoms with Gasteiger partial charge in [-0.1, -0.05) is 6.42 Å². The summed E-state index contributed by atoms with van der Waals surface area (Å²) in [7, 11) is 0. The second kappa shape index (κ2) is 5.72. The molecule has 0 aromatic carbocycles. The molecule has 0 bridgehead atoms. The maximum absolute atomic E-state index is 12.2. The molecular weight excluding hydrogens is 256 g/mol. The van der Waals surface area contributed by atoms with Crippen molar-refractivity contribution in [3.8, 4) is 0 Å². The molecule has 0 radical (unpaired) electrons. The molecule has 0 aromatic heterocycles. The van der Waals surface area contributed by atoms with Crippen molar-refractivity contribution in [3.63, 3.8) is 0 Å². The van der Waals surface area contributed by atoms with Crippen molar-refractivity contribution in [3.05, 3.63) is 0 Å². The fraction of sp³-hybridized carbons (Fsp3) is 0.867. The van der Waals surface area contributed by atoms with Gasteiger partial charge in [0.2, 0.25) is 5.91 Å². The molecule has 20 heavy (non-hydrogen) atoms. The largest absolute Gasteiger partial charge is 0.480 e. The Morgan fingerprint density at radius 3 is 2.15 bits per heavy atom. The molecule has 3 aliphatic rings. The predicted octanol–water partition coefficient (Wildman–Crippen LogP) is 1.33. The molecule has 1 unspecified atom stereocenters. The number of likely N-dealkylation sites (tertiary alicyclic amines) is 2. The van der Waals surface area contributed by atoms with Crippen LogP contribution < -0.4 is 0 Å². The summed E-state index contributed by atoms with van der Waals surface area (Å²) in [5, 5.41) is 9.26. The third kappa shape index (κ3) is 2.55. The molecule has 112 valence electrons. The van der Waals surface area contributed by atoms with Crippen LogP contribution in [-0.4, -0.2) is 58.5 Å². The number of aliphatic carboxylic acids is 1. The minimum atomic E-state index is -0.685. The number of amides is 1. The zero-order valence-corrected chi connectivity index (χ0v) is 12.0. The molecule has 5 nitrogen and oxygen atoms in total. The molecule has 2 heterocycles. The van der Waals surface area contributed by atoms with Gasteiger partial charge in [-0.2, -0.15) is 0 Å². The van der Waals surface area contributed by atoms with E-state index in [0.29, 0.717) is 11.9 Å². The second-order valence-corrected chi connectivity index (χ2v) is 6.42. The molecule has 1 N–H and O–H groups in total. The van der Waals surface area contributed by atoms with Crippen molar-refractivity contribution < 1.29 is 14.7 Å². The number of carboxylic acid groups (broad SMARTS) is 1. The fourth-order valence-corrected chi connectivity index (χ4v) is 3.82. The van der Waals surface area contributed by atoms with Gasteiger partial charge >= 0.3 is 5.97 Å². The van der Waals surface area contributed by atoms with Crippen molar-refractivity contribution >= 4 is 11.9 Å². The number of carbonyl (C=O) groups excluding carboxylic acids is 1. The topological polar surface area (TPSA) is 60.9 Å². The lowest BCUT2D eigenvalue weighted by molar-refractivity contribution is -0.145. The number of nitrogens with zero attached hydrogens (tertiary/aromatic N) is 2. The predicted molar refractivity (Wildman–Crippen MR) is 74.3 cm³/mol. The summed E-state index contributed by atoms with van der Waals surface area (Å²) in [5.74, 6) is -0.0634. The first-order chi connectivity index (χ1) is 9.66. The van der Waals surface area contributed by atoms with Crippen LogP contribution in [-0.2, 0) is 9.59 Å². The Morgan fingerprint density at radius 2 is 1.60 bits per heavy atom. The minimum Gasteiger partial charge on any atom is -0.480 e. The van der Waals surface area contributed by atoms with Crippen LogP contribution in [0, 0.1) is 5.92 Å². The van der Waals surface area contributed by atoms with Gasteiger partial charge < -0.3 is 10.0 Å². The first-order valence-electron chi connectivity index (χ1n) is 7.94. The number of hydrogen-bond acceptors (Lipinski definition) is 3. The first kappa shape index (κ1) is 13.9. The van der Waals surface area contributed by atoms with Gasteiger partial charge in [0.1, 0.15) is 6.04 Å². The maximum atomic E-state index is 12.2. The van der Waals surface area contributed by atoms with Crippen molar-refractivity contribution in [1.82, 2.24) is 9.80 Å². The van der Waals surface area contributed by atoms with Gasteiger partial charge in [0.05, 0.1) is 0 Å². The quantitative estimate of drug-likeness (QED) is 0.847. The van der Waals surface area contributed by atoms with E-state index in [0.717, 1.165) is 58.2 Å². The number of carbonyl (C=O) groups is 2. The molecule has 3 rings (SSSR count). The Kier molecular flexibility index (Phi) is 3.96. The van der Waals surface area contributed by atoms with Crippen LogP contribution in [0.2, 0.25) is 0 Å². The maximum Gasteiger partial charge on any atom is 0.320 e. The van der Waals surface area contributed by atoms with Crippen LogP contribution in [0.25, 0.3) is 0 Å². The average molecular weight is 280 g/mol. The molecule has 1 amide bonds. The molecular formula is C15H24N2O3. The summed E-state index contributed by atoms with van der Waals surface area (Å²) in [4.78, 5) is 27.6. The monoisotopic (exact) mass is 280 g/mol. The summed E-state index contributed by atoms with van der Waals surface area (Å²) in [6.45, 7) is 2.52. The second-order valence-electron chi connectivity index (χ2n) is 6.42. The fourth-order valence-electron chi connectivity index (χ4n) is 3.82. The summed E-state index contributed by atoms with van der Waals surface area (Å²) in [6, 6.07) is 0.0536. The molecule has 1 saturated carbocycles. The Hall–Kier alpha value is -1.10. The molecule has 3 fully saturated rings. The zero-order chi connectivity index (χ0) is 14.1. The lowest BCUT2D eigenvalue weighted by atomic mass is 9.84. The van der Waals surface area contributed by atoms with Crippen molar-refractivity contribution in [2.45, 2.75) is 57.0 Å². The Balaban J connectivity index is 1.53. The summed E-state index contributed by atoms with van der Waals surface area (Å²) >= 11 is 0. The van der Waals surface area contributed by atoms with E-state index in [4.69, 9.17) is 0 Å². The van der Waals surface area contributed by atoms with Gasteiger partial charge in [0.25, 0.3) is 0 Å². The van der Waals surface area contributed by atoms with E-state index in [1.54, 1.807) is 0 Å². The molecule has 0 spiro atoms. The highest BCUT2D eigenvalue weighted by Crippen LogP contribution is 2.31. The molecule has 2 aliphatic heterocycles. The highest BCUT2D eigenvalue weighted by atomic mass is 16.4. The number of rotatable bonds is 3. The van der Waals surface area contributed by atoms with E-state index in [1.807, 2.05) is 4.90 Å². The lowest BCUT2D eigenvalue weighted by Gasteiger charge is -2.40. The third-order valence-corrected chi connectivity index (χ3v) is 5.28. The highest BCUT2D eigenvalue weighted by Gasteiger charge is 2.38. The smallest absolute Gasteiger partial charge is 0.320 e. The van der Waals surface area contributed by atoms with Crippen molar-refractivity contribution in [2.24, 2.45) is 5.92 Å². The van der Waals surface area contributed by atoms with Gasteiger partial charge in [-0.05, 0) is 45.1 Å². The Morgan fingerprint density at radius 1 is 0.900 bits per heavy atom. The summed E-state index contributed by atoms with van der Waals surface area (Å²) in [5.41, 5.74) is 0. The van der Waals surface area contributed by atoms with E-state index in [9.17, 15) is 14.7 Å². The number of carboxylic acids is 1. The van der Waals surface area contributed by atoms with E-state index in [2.05, 4.69) is 4.90 Å². The van der Waals surface area contributed by atoms with Gasteiger partial charge in [-0.15, -0.1) is 0 Å². The average Bonchev–Trinajstić information content (AvgIpc) is 2.86. The zero-order valence-electron chi connectivity index (χ0n) is 12.0. The molecule has 2 saturated heterocycles. The van der Waals surface area contributed by atoms with Crippen LogP contribution in [0.4, 0.5) is 0 Å². The molecule has 0 aromatic rings.